The van der Waals surface area contributed by atoms with Gasteiger partial charge in [-0.05, 0) is 56.5 Å². The van der Waals surface area contributed by atoms with E-state index in [1.54, 1.807) is 45.2 Å². The molecule has 0 radical (unpaired) electrons. The highest BCUT2D eigenvalue weighted by atomic mass is 32.1. The number of carboxylic acid groups (broad SMARTS) is 1. The number of nitrogens with zero attached hydrogens (tertiary/aromatic N) is 1. The highest BCUT2D eigenvalue weighted by Crippen LogP contribution is 2.17. The van der Waals surface area contributed by atoms with Crippen molar-refractivity contribution in [2.45, 2.75) is 45.7 Å². The SMILES string of the molecule is C[C@H](C(=O)N/C=C/Cc1ccsc1)N(C(=O)O)C(C)(C)C. The molecule has 1 atom stereocenters. The maximum atomic E-state index is 12.0. The minimum absolute atomic E-state index is 0.339. The monoisotopic (exact) mass is 310 g/mol. The Kier molecular flexibility index (Phi) is 5.96. The molecule has 0 aliphatic carbocycles. The zero-order chi connectivity index (χ0) is 16.0. The normalized spacial score (nSPS) is 13.1. The number of amides is 2. The third-order valence-electron chi connectivity index (χ3n) is 2.97. The van der Waals surface area contributed by atoms with E-state index in [0.717, 1.165) is 11.3 Å². The fraction of sp³-hybridized carbons (Fsp3) is 0.467. The van der Waals surface area contributed by atoms with Crippen LogP contribution in [0.15, 0.2) is 29.1 Å². The van der Waals surface area contributed by atoms with Gasteiger partial charge in [0.15, 0.2) is 0 Å². The second-order valence-corrected chi connectivity index (χ2v) is 6.53. The highest BCUT2D eigenvalue weighted by Gasteiger charge is 2.34. The molecule has 5 nitrogen and oxygen atoms in total. The van der Waals surface area contributed by atoms with Crippen molar-refractivity contribution < 1.29 is 14.7 Å². The molecular formula is C15H22N2O3S. The summed E-state index contributed by atoms with van der Waals surface area (Å²) in [5, 5.41) is 15.9. The van der Waals surface area contributed by atoms with Crippen LogP contribution in [0, 0.1) is 0 Å². The Hall–Kier alpha value is -1.82. The van der Waals surface area contributed by atoms with Crippen LogP contribution >= 0.6 is 11.3 Å². The number of nitrogens with one attached hydrogen (secondary N) is 1. The summed E-state index contributed by atoms with van der Waals surface area (Å²) in [7, 11) is 0. The molecule has 21 heavy (non-hydrogen) atoms. The number of hydrogen-bond acceptors (Lipinski definition) is 3. The minimum atomic E-state index is -1.10. The van der Waals surface area contributed by atoms with Crippen molar-refractivity contribution in [3.05, 3.63) is 34.7 Å². The molecule has 0 saturated heterocycles. The van der Waals surface area contributed by atoms with Gasteiger partial charge in [-0.1, -0.05) is 6.08 Å². The van der Waals surface area contributed by atoms with Crippen LogP contribution in [-0.2, 0) is 11.2 Å². The van der Waals surface area contributed by atoms with E-state index in [0.29, 0.717) is 0 Å². The summed E-state index contributed by atoms with van der Waals surface area (Å²) in [6.07, 6.45) is 3.04. The molecule has 1 heterocycles. The number of carbonyl (C=O) groups is 2. The predicted octanol–water partition coefficient (Wildman–Crippen LogP) is 3.09. The predicted molar refractivity (Wildman–Crippen MR) is 84.4 cm³/mol. The molecule has 0 aliphatic rings. The van der Waals surface area contributed by atoms with Gasteiger partial charge in [-0.15, -0.1) is 0 Å². The van der Waals surface area contributed by atoms with Gasteiger partial charge in [0.05, 0.1) is 0 Å². The Balaban J connectivity index is 2.57. The number of thiophene rings is 1. The largest absolute Gasteiger partial charge is 0.465 e. The molecule has 6 heteroatoms. The smallest absolute Gasteiger partial charge is 0.408 e. The van der Waals surface area contributed by atoms with Gasteiger partial charge in [0, 0.05) is 11.7 Å². The van der Waals surface area contributed by atoms with Gasteiger partial charge >= 0.3 is 6.09 Å². The first-order valence-corrected chi connectivity index (χ1v) is 7.66. The topological polar surface area (TPSA) is 69.6 Å². The van der Waals surface area contributed by atoms with E-state index in [1.807, 2.05) is 22.9 Å². The molecule has 0 aliphatic heterocycles. The molecule has 0 aromatic carbocycles. The Morgan fingerprint density at radius 2 is 2.14 bits per heavy atom. The molecule has 2 amide bonds. The van der Waals surface area contributed by atoms with Gasteiger partial charge in [-0.25, -0.2) is 4.79 Å². The molecule has 1 aromatic rings. The first kappa shape index (κ1) is 17.2. The van der Waals surface area contributed by atoms with Crippen molar-refractivity contribution in [1.82, 2.24) is 10.2 Å². The summed E-state index contributed by atoms with van der Waals surface area (Å²) < 4.78 is 0. The van der Waals surface area contributed by atoms with E-state index < -0.39 is 17.7 Å². The Morgan fingerprint density at radius 3 is 2.62 bits per heavy atom. The zero-order valence-electron chi connectivity index (χ0n) is 12.8. The Morgan fingerprint density at radius 1 is 1.48 bits per heavy atom. The second-order valence-electron chi connectivity index (χ2n) is 5.75. The minimum Gasteiger partial charge on any atom is -0.465 e. The summed E-state index contributed by atoms with van der Waals surface area (Å²) in [4.78, 5) is 24.5. The quantitative estimate of drug-likeness (QED) is 0.878. The van der Waals surface area contributed by atoms with Crippen molar-refractivity contribution in [3.63, 3.8) is 0 Å². The zero-order valence-corrected chi connectivity index (χ0v) is 13.6. The van der Waals surface area contributed by atoms with Gasteiger partial charge in [0.1, 0.15) is 6.04 Å². The maximum Gasteiger partial charge on any atom is 0.408 e. The van der Waals surface area contributed by atoms with Crippen LogP contribution in [0.1, 0.15) is 33.3 Å². The molecule has 0 fully saturated rings. The molecule has 1 aromatic heterocycles. The van der Waals surface area contributed by atoms with Crippen LogP contribution in [0.25, 0.3) is 0 Å². The Labute approximate surface area is 129 Å². The molecule has 0 spiro atoms. The number of hydrogen-bond donors (Lipinski definition) is 2. The number of rotatable bonds is 5. The first-order chi connectivity index (χ1) is 9.73. The lowest BCUT2D eigenvalue weighted by atomic mass is 10.0. The van der Waals surface area contributed by atoms with E-state index in [4.69, 9.17) is 0 Å². The van der Waals surface area contributed by atoms with Crippen molar-refractivity contribution in [2.75, 3.05) is 0 Å². The van der Waals surface area contributed by atoms with E-state index >= 15 is 0 Å². The van der Waals surface area contributed by atoms with Gasteiger partial charge in [0.25, 0.3) is 0 Å². The Bertz CT molecular complexity index is 503. The summed E-state index contributed by atoms with van der Waals surface area (Å²) in [5.74, 6) is -0.339. The third kappa shape index (κ3) is 5.23. The standard InChI is InChI=1S/C15H22N2O3S/c1-11(17(14(19)20)15(2,3)4)13(18)16-8-5-6-12-7-9-21-10-12/h5,7-11H,6H2,1-4H3,(H,16,18)(H,19,20)/b8-5+/t11-/m1/s1. The van der Waals surface area contributed by atoms with E-state index in [1.165, 1.54) is 5.56 Å². The van der Waals surface area contributed by atoms with E-state index in [9.17, 15) is 14.7 Å². The third-order valence-corrected chi connectivity index (χ3v) is 3.70. The van der Waals surface area contributed by atoms with Crippen molar-refractivity contribution >= 4 is 23.3 Å². The molecule has 1 rings (SSSR count). The van der Waals surface area contributed by atoms with E-state index in [-0.39, 0.29) is 5.91 Å². The van der Waals surface area contributed by atoms with E-state index in [2.05, 4.69) is 5.32 Å². The summed E-state index contributed by atoms with van der Waals surface area (Å²) in [5.41, 5.74) is 0.545. The van der Waals surface area contributed by atoms with Crippen LogP contribution in [0.3, 0.4) is 0 Å². The summed E-state index contributed by atoms with van der Waals surface area (Å²) >= 11 is 1.63. The average Bonchev–Trinajstić information content (AvgIpc) is 2.85. The van der Waals surface area contributed by atoms with Crippen LogP contribution in [-0.4, -0.2) is 33.6 Å². The summed E-state index contributed by atoms with van der Waals surface area (Å²) in [6.45, 7) is 6.87. The molecule has 0 bridgehead atoms. The molecular weight excluding hydrogens is 288 g/mol. The fourth-order valence-electron chi connectivity index (χ4n) is 2.02. The number of carbonyl (C=O) groups excluding carboxylic acids is 1. The lowest BCUT2D eigenvalue weighted by Crippen LogP contribution is -2.54. The van der Waals surface area contributed by atoms with Gasteiger partial charge < -0.3 is 10.4 Å². The maximum absolute atomic E-state index is 12.0. The molecule has 0 saturated carbocycles. The van der Waals surface area contributed by atoms with Gasteiger partial charge in [-0.3, -0.25) is 9.69 Å². The first-order valence-electron chi connectivity index (χ1n) is 6.72. The molecule has 0 unspecified atom stereocenters. The van der Waals surface area contributed by atoms with Crippen LogP contribution in [0.5, 0.6) is 0 Å². The van der Waals surface area contributed by atoms with Crippen molar-refractivity contribution in [1.29, 1.82) is 0 Å². The molecule has 2 N–H and O–H groups in total. The average molecular weight is 310 g/mol. The lowest BCUT2D eigenvalue weighted by Gasteiger charge is -2.36. The van der Waals surface area contributed by atoms with Crippen LogP contribution < -0.4 is 5.32 Å². The summed E-state index contributed by atoms with van der Waals surface area (Å²) in [6, 6.07) is 1.26. The second kappa shape index (κ2) is 7.26. The van der Waals surface area contributed by atoms with Crippen molar-refractivity contribution in [3.8, 4) is 0 Å². The van der Waals surface area contributed by atoms with Crippen LogP contribution in [0.4, 0.5) is 4.79 Å². The van der Waals surface area contributed by atoms with Crippen LogP contribution in [0.2, 0.25) is 0 Å². The molecule has 116 valence electrons. The lowest BCUT2D eigenvalue weighted by molar-refractivity contribution is -0.125. The van der Waals surface area contributed by atoms with Crippen molar-refractivity contribution in [2.24, 2.45) is 0 Å². The van der Waals surface area contributed by atoms with Gasteiger partial charge in [0.2, 0.25) is 5.91 Å². The fourth-order valence-corrected chi connectivity index (χ4v) is 2.70. The highest BCUT2D eigenvalue weighted by molar-refractivity contribution is 7.07. The number of allylic oxidation sites excluding steroid dienone is 1. The van der Waals surface area contributed by atoms with Gasteiger partial charge in [-0.2, -0.15) is 11.3 Å².